The molecule has 0 heterocycles. The normalized spacial score (nSPS) is 25.1. The van der Waals surface area contributed by atoms with Gasteiger partial charge in [-0.2, -0.15) is 0 Å². The summed E-state index contributed by atoms with van der Waals surface area (Å²) in [6.07, 6.45) is 14.6. The van der Waals surface area contributed by atoms with E-state index in [9.17, 15) is 9.90 Å². The lowest BCUT2D eigenvalue weighted by atomic mass is 9.88. The van der Waals surface area contributed by atoms with E-state index in [0.717, 1.165) is 64.2 Å². The van der Waals surface area contributed by atoms with E-state index in [4.69, 9.17) is 5.11 Å². The number of ketones is 1. The molecule has 0 bridgehead atoms. The maximum atomic E-state index is 11.8. The molecule has 0 spiro atoms. The van der Waals surface area contributed by atoms with Crippen molar-refractivity contribution in [1.29, 1.82) is 0 Å². The summed E-state index contributed by atoms with van der Waals surface area (Å²) in [7, 11) is 0. The van der Waals surface area contributed by atoms with E-state index in [0.29, 0.717) is 18.3 Å². The Morgan fingerprint density at radius 1 is 1.09 bits per heavy atom. The number of aliphatic hydroxyl groups is 2. The van der Waals surface area contributed by atoms with Crippen LogP contribution >= 0.6 is 0 Å². The Morgan fingerprint density at radius 2 is 1.86 bits per heavy atom. The second-order valence-electron chi connectivity index (χ2n) is 6.68. The van der Waals surface area contributed by atoms with Crippen LogP contribution in [-0.2, 0) is 4.79 Å². The highest BCUT2D eigenvalue weighted by molar-refractivity contribution is 5.89. The molecule has 22 heavy (non-hydrogen) atoms. The van der Waals surface area contributed by atoms with Crippen molar-refractivity contribution < 1.29 is 15.0 Å². The van der Waals surface area contributed by atoms with Crippen LogP contribution in [0.1, 0.15) is 77.6 Å². The Labute approximate surface area is 135 Å². The molecular weight excluding hydrogens is 276 g/mol. The molecule has 0 aromatic carbocycles. The third-order valence-corrected chi connectivity index (χ3v) is 4.84. The molecule has 2 N–H and O–H groups in total. The van der Waals surface area contributed by atoms with Crippen LogP contribution < -0.4 is 0 Å². The van der Waals surface area contributed by atoms with Crippen LogP contribution in [0, 0.1) is 11.8 Å². The number of carbonyl (C=O) groups is 1. The number of hydrogen-bond donors (Lipinski definition) is 2. The van der Waals surface area contributed by atoms with Gasteiger partial charge in [-0.25, -0.2) is 0 Å². The molecule has 3 heteroatoms. The van der Waals surface area contributed by atoms with Crippen LogP contribution in [-0.4, -0.2) is 28.7 Å². The van der Waals surface area contributed by atoms with Crippen LogP contribution in [0.3, 0.4) is 0 Å². The highest BCUT2D eigenvalue weighted by atomic mass is 16.3. The Kier molecular flexibility index (Phi) is 10.4. The van der Waals surface area contributed by atoms with Gasteiger partial charge in [-0.1, -0.05) is 45.1 Å². The lowest BCUT2D eigenvalue weighted by Crippen LogP contribution is -2.18. The molecule has 1 rings (SSSR count). The van der Waals surface area contributed by atoms with Gasteiger partial charge in [0.25, 0.3) is 0 Å². The van der Waals surface area contributed by atoms with E-state index in [1.165, 1.54) is 0 Å². The molecule has 1 aliphatic carbocycles. The summed E-state index contributed by atoms with van der Waals surface area (Å²) in [5, 5.41) is 18.9. The minimum Gasteiger partial charge on any atom is -0.396 e. The second kappa shape index (κ2) is 11.8. The number of hydrogen-bond acceptors (Lipinski definition) is 3. The second-order valence-corrected chi connectivity index (χ2v) is 6.68. The van der Waals surface area contributed by atoms with Gasteiger partial charge in [0.15, 0.2) is 5.78 Å². The Bertz CT molecular complexity index is 325. The van der Waals surface area contributed by atoms with E-state index < -0.39 is 0 Å². The predicted octanol–water partition coefficient (Wildman–Crippen LogP) is 4.02. The summed E-state index contributed by atoms with van der Waals surface area (Å²) in [6.45, 7) is 2.42. The molecule has 0 radical (unpaired) electrons. The fourth-order valence-electron chi connectivity index (χ4n) is 3.43. The standard InChI is InChI=1S/C19H34O3/c1-2-3-6-9-17(21)13-11-16-12-14-19(22)18(16)10-7-4-5-8-15-20/h11,13,16,18-20,22H,2-10,12,14-15H2,1H3/b13-11+. The summed E-state index contributed by atoms with van der Waals surface area (Å²) in [5.74, 6) is 0.910. The van der Waals surface area contributed by atoms with Gasteiger partial charge in [0.2, 0.25) is 0 Å². The van der Waals surface area contributed by atoms with Crippen molar-refractivity contribution in [3.8, 4) is 0 Å². The maximum absolute atomic E-state index is 11.8. The highest BCUT2D eigenvalue weighted by Gasteiger charge is 2.32. The van der Waals surface area contributed by atoms with Crippen molar-refractivity contribution in [2.75, 3.05) is 6.61 Å². The molecule has 128 valence electrons. The molecule has 3 nitrogen and oxygen atoms in total. The van der Waals surface area contributed by atoms with E-state index in [2.05, 4.69) is 13.0 Å². The number of carbonyl (C=O) groups excluding carboxylic acids is 1. The van der Waals surface area contributed by atoms with Gasteiger partial charge in [-0.15, -0.1) is 0 Å². The van der Waals surface area contributed by atoms with Crippen LogP contribution in [0.15, 0.2) is 12.2 Å². The van der Waals surface area contributed by atoms with Crippen molar-refractivity contribution in [2.24, 2.45) is 11.8 Å². The SMILES string of the molecule is CCCCCC(=O)/C=C/C1CCC(O)C1CCCCCCO. The predicted molar refractivity (Wildman–Crippen MR) is 90.7 cm³/mol. The molecule has 3 unspecified atom stereocenters. The molecule has 0 aromatic rings. The zero-order chi connectivity index (χ0) is 16.2. The average molecular weight is 310 g/mol. The summed E-state index contributed by atoms with van der Waals surface area (Å²) < 4.78 is 0. The molecule has 0 amide bonds. The lowest BCUT2D eigenvalue weighted by Gasteiger charge is -2.19. The molecule has 1 aliphatic rings. The summed E-state index contributed by atoms with van der Waals surface area (Å²) in [6, 6.07) is 0. The van der Waals surface area contributed by atoms with Gasteiger partial charge in [0.05, 0.1) is 6.10 Å². The van der Waals surface area contributed by atoms with Crippen molar-refractivity contribution in [3.05, 3.63) is 12.2 Å². The van der Waals surface area contributed by atoms with Crippen molar-refractivity contribution in [3.63, 3.8) is 0 Å². The first-order valence-electron chi connectivity index (χ1n) is 9.19. The molecule has 1 saturated carbocycles. The largest absolute Gasteiger partial charge is 0.396 e. The van der Waals surface area contributed by atoms with E-state index in [1.807, 2.05) is 0 Å². The fourth-order valence-corrected chi connectivity index (χ4v) is 3.43. The highest BCUT2D eigenvalue weighted by Crippen LogP contribution is 2.36. The summed E-state index contributed by atoms with van der Waals surface area (Å²) in [4.78, 5) is 11.8. The van der Waals surface area contributed by atoms with Gasteiger partial charge < -0.3 is 10.2 Å². The fraction of sp³-hybridized carbons (Fsp3) is 0.842. The van der Waals surface area contributed by atoms with Crippen LogP contribution in [0.2, 0.25) is 0 Å². The minimum atomic E-state index is -0.206. The van der Waals surface area contributed by atoms with Crippen LogP contribution in [0.25, 0.3) is 0 Å². The molecule has 0 aliphatic heterocycles. The summed E-state index contributed by atoms with van der Waals surface area (Å²) in [5.41, 5.74) is 0. The molecule has 3 atom stereocenters. The Morgan fingerprint density at radius 3 is 2.59 bits per heavy atom. The first-order chi connectivity index (χ1) is 10.7. The van der Waals surface area contributed by atoms with Crippen molar-refractivity contribution >= 4 is 5.78 Å². The summed E-state index contributed by atoms with van der Waals surface area (Å²) >= 11 is 0. The van der Waals surface area contributed by atoms with Crippen LogP contribution in [0.4, 0.5) is 0 Å². The van der Waals surface area contributed by atoms with Gasteiger partial charge in [-0.05, 0) is 50.0 Å². The van der Waals surface area contributed by atoms with E-state index in [1.54, 1.807) is 6.08 Å². The number of allylic oxidation sites excluding steroid dienone is 2. The third-order valence-electron chi connectivity index (χ3n) is 4.84. The van der Waals surface area contributed by atoms with E-state index in [-0.39, 0.29) is 18.5 Å². The molecule has 0 saturated heterocycles. The zero-order valence-corrected chi connectivity index (χ0v) is 14.2. The smallest absolute Gasteiger partial charge is 0.155 e. The Hall–Kier alpha value is -0.670. The number of rotatable bonds is 12. The monoisotopic (exact) mass is 310 g/mol. The van der Waals surface area contributed by atoms with Gasteiger partial charge in [-0.3, -0.25) is 4.79 Å². The molecule has 0 aromatic heterocycles. The zero-order valence-electron chi connectivity index (χ0n) is 14.2. The van der Waals surface area contributed by atoms with Crippen molar-refractivity contribution in [1.82, 2.24) is 0 Å². The van der Waals surface area contributed by atoms with E-state index >= 15 is 0 Å². The maximum Gasteiger partial charge on any atom is 0.155 e. The minimum absolute atomic E-state index is 0.206. The quantitative estimate of drug-likeness (QED) is 0.423. The van der Waals surface area contributed by atoms with Gasteiger partial charge >= 0.3 is 0 Å². The molecule has 1 fully saturated rings. The first-order valence-corrected chi connectivity index (χ1v) is 9.19. The number of unbranched alkanes of at least 4 members (excludes halogenated alkanes) is 5. The van der Waals surface area contributed by atoms with Crippen LogP contribution in [0.5, 0.6) is 0 Å². The van der Waals surface area contributed by atoms with Gasteiger partial charge in [0.1, 0.15) is 0 Å². The average Bonchev–Trinajstić information content (AvgIpc) is 2.86. The third kappa shape index (κ3) is 7.55. The van der Waals surface area contributed by atoms with Gasteiger partial charge in [0, 0.05) is 13.0 Å². The first kappa shape index (κ1) is 19.4. The lowest BCUT2D eigenvalue weighted by molar-refractivity contribution is -0.114. The molecular formula is C19H34O3. The number of aliphatic hydroxyl groups excluding tert-OH is 2. The Balaban J connectivity index is 2.32. The van der Waals surface area contributed by atoms with Crippen molar-refractivity contribution in [2.45, 2.75) is 83.7 Å². The topological polar surface area (TPSA) is 57.5 Å².